The molecular weight excluding hydrogens is 200 g/mol. The van der Waals surface area contributed by atoms with Crippen LogP contribution in [0, 0.1) is 17.2 Å². The molecule has 0 heterocycles. The van der Waals surface area contributed by atoms with Crippen molar-refractivity contribution < 1.29 is 4.74 Å². The Hall–Kier alpha value is -1.53. The van der Waals surface area contributed by atoms with Crippen LogP contribution >= 0.6 is 0 Å². The number of methoxy groups -OCH3 is 1. The second kappa shape index (κ2) is 6.14. The Kier molecular flexibility index (Phi) is 4.81. The van der Waals surface area contributed by atoms with Crippen molar-refractivity contribution in [2.45, 2.75) is 19.9 Å². The molecule has 0 aliphatic carbocycles. The third-order valence-electron chi connectivity index (χ3n) is 2.52. The summed E-state index contributed by atoms with van der Waals surface area (Å²) in [4.78, 5) is 0. The molecule has 1 aromatic rings. The second-order valence-corrected chi connectivity index (χ2v) is 4.14. The van der Waals surface area contributed by atoms with Crippen LogP contribution < -0.4 is 5.32 Å². The van der Waals surface area contributed by atoms with Gasteiger partial charge >= 0.3 is 0 Å². The van der Waals surface area contributed by atoms with Gasteiger partial charge in [-0.25, -0.2) is 0 Å². The number of benzene rings is 1. The Morgan fingerprint density at radius 2 is 1.94 bits per heavy atom. The summed E-state index contributed by atoms with van der Waals surface area (Å²) in [6.07, 6.45) is 0. The van der Waals surface area contributed by atoms with Crippen LogP contribution in [0.1, 0.15) is 19.4 Å². The van der Waals surface area contributed by atoms with E-state index < -0.39 is 0 Å². The fourth-order valence-electron chi connectivity index (χ4n) is 1.44. The number of hydrogen-bond acceptors (Lipinski definition) is 3. The van der Waals surface area contributed by atoms with Gasteiger partial charge in [-0.1, -0.05) is 13.8 Å². The van der Waals surface area contributed by atoms with Crippen LogP contribution in [0.3, 0.4) is 0 Å². The molecule has 1 aromatic carbocycles. The molecule has 0 radical (unpaired) electrons. The maximum Gasteiger partial charge on any atom is 0.0991 e. The van der Waals surface area contributed by atoms with Gasteiger partial charge in [-0.15, -0.1) is 0 Å². The van der Waals surface area contributed by atoms with Crippen molar-refractivity contribution in [2.75, 3.05) is 19.0 Å². The second-order valence-electron chi connectivity index (χ2n) is 4.14. The third kappa shape index (κ3) is 3.56. The Bertz CT molecular complexity index is 351. The Labute approximate surface area is 97.0 Å². The monoisotopic (exact) mass is 218 g/mol. The van der Waals surface area contributed by atoms with E-state index >= 15 is 0 Å². The van der Waals surface area contributed by atoms with Crippen molar-refractivity contribution in [3.8, 4) is 6.07 Å². The summed E-state index contributed by atoms with van der Waals surface area (Å²) in [5, 5.41) is 12.1. The van der Waals surface area contributed by atoms with E-state index in [2.05, 4.69) is 25.2 Å². The van der Waals surface area contributed by atoms with Crippen molar-refractivity contribution >= 4 is 5.69 Å². The SMILES string of the molecule is COCC(Nc1ccc(C#N)cc1)C(C)C. The number of nitrogens with one attached hydrogen (secondary N) is 1. The molecule has 3 nitrogen and oxygen atoms in total. The topological polar surface area (TPSA) is 45.0 Å². The van der Waals surface area contributed by atoms with Crippen LogP contribution in [-0.2, 0) is 4.74 Å². The number of hydrogen-bond donors (Lipinski definition) is 1. The molecule has 0 spiro atoms. The van der Waals surface area contributed by atoms with Gasteiger partial charge in [0.1, 0.15) is 0 Å². The maximum atomic E-state index is 8.69. The van der Waals surface area contributed by atoms with Gasteiger partial charge in [-0.2, -0.15) is 5.26 Å². The zero-order valence-corrected chi connectivity index (χ0v) is 10.0. The summed E-state index contributed by atoms with van der Waals surface area (Å²) in [6.45, 7) is 4.98. The lowest BCUT2D eigenvalue weighted by molar-refractivity contribution is 0.171. The molecule has 0 fully saturated rings. The van der Waals surface area contributed by atoms with Gasteiger partial charge in [0.2, 0.25) is 0 Å². The van der Waals surface area contributed by atoms with Crippen molar-refractivity contribution in [1.29, 1.82) is 5.26 Å². The van der Waals surface area contributed by atoms with Gasteiger partial charge < -0.3 is 10.1 Å². The molecule has 1 rings (SSSR count). The predicted octanol–water partition coefficient (Wildman–Crippen LogP) is 2.64. The van der Waals surface area contributed by atoms with Crippen LogP contribution in [0.5, 0.6) is 0 Å². The Morgan fingerprint density at radius 1 is 1.31 bits per heavy atom. The predicted molar refractivity (Wildman–Crippen MR) is 65.3 cm³/mol. The van der Waals surface area contributed by atoms with Gasteiger partial charge in [0.15, 0.2) is 0 Å². The molecule has 0 saturated carbocycles. The molecule has 16 heavy (non-hydrogen) atoms. The maximum absolute atomic E-state index is 8.69. The molecule has 86 valence electrons. The molecule has 3 heteroatoms. The standard InChI is InChI=1S/C13H18N2O/c1-10(2)13(9-16-3)15-12-6-4-11(8-14)5-7-12/h4-7,10,13,15H,9H2,1-3H3. The molecule has 0 amide bonds. The molecule has 1 unspecified atom stereocenters. The van der Waals surface area contributed by atoms with Crippen LogP contribution in [0.2, 0.25) is 0 Å². The van der Waals surface area contributed by atoms with Crippen LogP contribution in [0.4, 0.5) is 5.69 Å². The lowest BCUT2D eigenvalue weighted by atomic mass is 10.0. The molecule has 0 aromatic heterocycles. The number of nitrogens with zero attached hydrogens (tertiary/aromatic N) is 1. The first-order valence-electron chi connectivity index (χ1n) is 5.43. The van der Waals surface area contributed by atoms with E-state index in [9.17, 15) is 0 Å². The van der Waals surface area contributed by atoms with E-state index in [4.69, 9.17) is 10.00 Å². The number of nitriles is 1. The van der Waals surface area contributed by atoms with Crippen molar-refractivity contribution in [3.63, 3.8) is 0 Å². The quantitative estimate of drug-likeness (QED) is 0.826. The number of ether oxygens (including phenoxy) is 1. The van der Waals surface area contributed by atoms with E-state index in [1.165, 1.54) is 0 Å². The normalized spacial score (nSPS) is 12.2. The van der Waals surface area contributed by atoms with Crippen molar-refractivity contribution in [1.82, 2.24) is 0 Å². The lowest BCUT2D eigenvalue weighted by Gasteiger charge is -2.22. The number of rotatable bonds is 5. The van der Waals surface area contributed by atoms with Crippen LogP contribution in [0.15, 0.2) is 24.3 Å². The minimum absolute atomic E-state index is 0.290. The highest BCUT2D eigenvalue weighted by atomic mass is 16.5. The van der Waals surface area contributed by atoms with E-state index in [-0.39, 0.29) is 6.04 Å². The molecular formula is C13H18N2O. The fraction of sp³-hybridized carbons (Fsp3) is 0.462. The molecule has 0 aliphatic heterocycles. The van der Waals surface area contributed by atoms with Gasteiger partial charge in [0.05, 0.1) is 24.3 Å². The third-order valence-corrected chi connectivity index (χ3v) is 2.52. The summed E-state index contributed by atoms with van der Waals surface area (Å²) < 4.78 is 5.17. The van der Waals surface area contributed by atoms with Gasteiger partial charge in [-0.05, 0) is 30.2 Å². The number of anilines is 1. The van der Waals surface area contributed by atoms with Crippen molar-refractivity contribution in [2.24, 2.45) is 5.92 Å². The largest absolute Gasteiger partial charge is 0.383 e. The van der Waals surface area contributed by atoms with E-state index in [1.807, 2.05) is 24.3 Å². The lowest BCUT2D eigenvalue weighted by Crippen LogP contribution is -2.30. The van der Waals surface area contributed by atoms with E-state index in [0.29, 0.717) is 18.1 Å². The molecule has 0 bridgehead atoms. The summed E-state index contributed by atoms with van der Waals surface area (Å²) in [7, 11) is 1.70. The Morgan fingerprint density at radius 3 is 2.38 bits per heavy atom. The average molecular weight is 218 g/mol. The highest BCUT2D eigenvalue weighted by molar-refractivity contribution is 5.47. The highest BCUT2D eigenvalue weighted by Crippen LogP contribution is 2.14. The molecule has 1 atom stereocenters. The van der Waals surface area contributed by atoms with E-state index in [0.717, 1.165) is 5.69 Å². The average Bonchev–Trinajstić information content (AvgIpc) is 2.29. The van der Waals surface area contributed by atoms with Crippen LogP contribution in [-0.4, -0.2) is 19.8 Å². The van der Waals surface area contributed by atoms with Gasteiger partial charge in [0, 0.05) is 12.8 Å². The first kappa shape index (κ1) is 12.5. The molecule has 0 saturated heterocycles. The van der Waals surface area contributed by atoms with Crippen LogP contribution in [0.25, 0.3) is 0 Å². The zero-order valence-electron chi connectivity index (χ0n) is 10.0. The zero-order chi connectivity index (χ0) is 12.0. The summed E-state index contributed by atoms with van der Waals surface area (Å²) in [5.41, 5.74) is 1.70. The smallest absolute Gasteiger partial charge is 0.0991 e. The first-order chi connectivity index (χ1) is 7.67. The minimum Gasteiger partial charge on any atom is -0.383 e. The summed E-state index contributed by atoms with van der Waals surface area (Å²) in [5.74, 6) is 0.496. The minimum atomic E-state index is 0.290. The van der Waals surface area contributed by atoms with Gasteiger partial charge in [0.25, 0.3) is 0 Å². The van der Waals surface area contributed by atoms with Gasteiger partial charge in [-0.3, -0.25) is 0 Å². The fourth-order valence-corrected chi connectivity index (χ4v) is 1.44. The van der Waals surface area contributed by atoms with Crippen molar-refractivity contribution in [3.05, 3.63) is 29.8 Å². The Balaban J connectivity index is 2.66. The molecule has 1 N–H and O–H groups in total. The molecule has 0 aliphatic rings. The first-order valence-corrected chi connectivity index (χ1v) is 5.43. The summed E-state index contributed by atoms with van der Waals surface area (Å²) >= 11 is 0. The summed E-state index contributed by atoms with van der Waals surface area (Å²) in [6, 6.07) is 9.86. The highest BCUT2D eigenvalue weighted by Gasteiger charge is 2.12. The van der Waals surface area contributed by atoms with E-state index in [1.54, 1.807) is 7.11 Å².